The normalized spacial score (nSPS) is 24.3. The van der Waals surface area contributed by atoms with Gasteiger partial charge in [0.15, 0.2) is 5.75 Å². The molecular weight excluding hydrogens is 222 g/mol. The van der Waals surface area contributed by atoms with Crippen LogP contribution in [0.15, 0.2) is 18.5 Å². The highest BCUT2D eigenvalue weighted by Crippen LogP contribution is 2.25. The third-order valence-electron chi connectivity index (χ3n) is 2.96. The maximum atomic E-state index is 11.0. The number of rotatable bonds is 3. The molecule has 0 aliphatic heterocycles. The minimum absolute atomic E-state index is 0.0813. The SMILES string of the molecule is O=C(O)c1ccncc1OC1CCCCC1O. The molecule has 0 bridgehead atoms. The molecular formula is C12H15NO4. The zero-order chi connectivity index (χ0) is 12.3. The van der Waals surface area contributed by atoms with E-state index in [9.17, 15) is 9.90 Å². The second-order valence-corrected chi connectivity index (χ2v) is 4.19. The quantitative estimate of drug-likeness (QED) is 0.832. The van der Waals surface area contributed by atoms with E-state index in [0.29, 0.717) is 6.42 Å². The molecule has 0 spiro atoms. The van der Waals surface area contributed by atoms with Crippen LogP contribution in [0, 0.1) is 0 Å². The third-order valence-corrected chi connectivity index (χ3v) is 2.96. The summed E-state index contributed by atoms with van der Waals surface area (Å²) < 4.78 is 5.57. The minimum atomic E-state index is -1.05. The Morgan fingerprint density at radius 1 is 1.41 bits per heavy atom. The maximum absolute atomic E-state index is 11.0. The van der Waals surface area contributed by atoms with Gasteiger partial charge in [0.2, 0.25) is 0 Å². The molecule has 1 aromatic heterocycles. The molecule has 17 heavy (non-hydrogen) atoms. The number of hydrogen-bond acceptors (Lipinski definition) is 4. The van der Waals surface area contributed by atoms with Crippen molar-refractivity contribution in [2.24, 2.45) is 0 Å². The summed E-state index contributed by atoms with van der Waals surface area (Å²) in [6.07, 6.45) is 5.36. The molecule has 0 amide bonds. The fourth-order valence-electron chi connectivity index (χ4n) is 2.03. The lowest BCUT2D eigenvalue weighted by atomic mass is 9.95. The Balaban J connectivity index is 2.14. The molecule has 1 saturated carbocycles. The predicted octanol–water partition coefficient (Wildman–Crippen LogP) is 1.46. The molecule has 1 aliphatic carbocycles. The molecule has 1 heterocycles. The second kappa shape index (κ2) is 5.14. The highest BCUT2D eigenvalue weighted by Gasteiger charge is 2.26. The largest absolute Gasteiger partial charge is 0.485 e. The van der Waals surface area contributed by atoms with Crippen LogP contribution < -0.4 is 4.74 Å². The first-order valence-electron chi connectivity index (χ1n) is 5.70. The van der Waals surface area contributed by atoms with Gasteiger partial charge in [-0.2, -0.15) is 0 Å². The number of aliphatic hydroxyl groups excluding tert-OH is 1. The van der Waals surface area contributed by atoms with Gasteiger partial charge < -0.3 is 14.9 Å². The van der Waals surface area contributed by atoms with E-state index < -0.39 is 12.1 Å². The highest BCUT2D eigenvalue weighted by molar-refractivity contribution is 5.90. The van der Waals surface area contributed by atoms with Crippen molar-refractivity contribution in [3.8, 4) is 5.75 Å². The second-order valence-electron chi connectivity index (χ2n) is 4.19. The van der Waals surface area contributed by atoms with Crippen LogP contribution in [0.5, 0.6) is 5.75 Å². The van der Waals surface area contributed by atoms with E-state index in [1.54, 1.807) is 0 Å². The molecule has 1 aromatic rings. The number of aromatic carboxylic acids is 1. The monoisotopic (exact) mass is 237 g/mol. The van der Waals surface area contributed by atoms with Crippen LogP contribution >= 0.6 is 0 Å². The van der Waals surface area contributed by atoms with Crippen molar-refractivity contribution in [1.82, 2.24) is 4.98 Å². The fourth-order valence-corrected chi connectivity index (χ4v) is 2.03. The Morgan fingerprint density at radius 2 is 2.18 bits per heavy atom. The van der Waals surface area contributed by atoms with Crippen LogP contribution in [0.25, 0.3) is 0 Å². The Labute approximate surface area is 99.1 Å². The number of aliphatic hydroxyl groups is 1. The number of carbonyl (C=O) groups is 1. The summed E-state index contributed by atoms with van der Waals surface area (Å²) in [5.41, 5.74) is 0.0813. The van der Waals surface area contributed by atoms with Gasteiger partial charge in [0.05, 0.1) is 12.3 Å². The van der Waals surface area contributed by atoms with E-state index in [1.807, 2.05) is 0 Å². The van der Waals surface area contributed by atoms with Gasteiger partial charge in [0.25, 0.3) is 0 Å². The average Bonchev–Trinajstić information content (AvgIpc) is 2.32. The van der Waals surface area contributed by atoms with Gasteiger partial charge in [-0.1, -0.05) is 6.42 Å². The van der Waals surface area contributed by atoms with Crippen LogP contribution in [0.3, 0.4) is 0 Å². The van der Waals surface area contributed by atoms with Crippen LogP contribution in [0.2, 0.25) is 0 Å². The Bertz CT molecular complexity index is 407. The summed E-state index contributed by atoms with van der Waals surface area (Å²) in [7, 11) is 0. The molecule has 2 atom stereocenters. The first kappa shape index (κ1) is 11.9. The van der Waals surface area contributed by atoms with Gasteiger partial charge in [-0.25, -0.2) is 4.79 Å². The van der Waals surface area contributed by atoms with Gasteiger partial charge in [-0.3, -0.25) is 4.98 Å². The van der Waals surface area contributed by atoms with Crippen LogP contribution in [-0.2, 0) is 0 Å². The zero-order valence-electron chi connectivity index (χ0n) is 9.37. The van der Waals surface area contributed by atoms with E-state index in [4.69, 9.17) is 9.84 Å². The maximum Gasteiger partial charge on any atom is 0.339 e. The van der Waals surface area contributed by atoms with Gasteiger partial charge in [-0.05, 0) is 25.3 Å². The number of carboxylic acid groups (broad SMARTS) is 1. The Morgan fingerprint density at radius 3 is 2.88 bits per heavy atom. The smallest absolute Gasteiger partial charge is 0.339 e. The molecule has 1 fully saturated rings. The number of pyridine rings is 1. The lowest BCUT2D eigenvalue weighted by molar-refractivity contribution is 0.00587. The first-order chi connectivity index (χ1) is 8.18. The van der Waals surface area contributed by atoms with Crippen molar-refractivity contribution >= 4 is 5.97 Å². The van der Waals surface area contributed by atoms with Gasteiger partial charge in [0.1, 0.15) is 11.7 Å². The van der Waals surface area contributed by atoms with E-state index in [-0.39, 0.29) is 17.4 Å². The molecule has 0 radical (unpaired) electrons. The average molecular weight is 237 g/mol. The molecule has 2 N–H and O–H groups in total. The summed E-state index contributed by atoms with van der Waals surface area (Å²) in [5, 5.41) is 18.8. The zero-order valence-corrected chi connectivity index (χ0v) is 9.37. The lowest BCUT2D eigenvalue weighted by Crippen LogP contribution is -2.35. The molecule has 92 valence electrons. The predicted molar refractivity (Wildman–Crippen MR) is 60.1 cm³/mol. The van der Waals surface area contributed by atoms with Crippen LogP contribution in [0.1, 0.15) is 36.0 Å². The fraction of sp³-hybridized carbons (Fsp3) is 0.500. The molecule has 2 unspecified atom stereocenters. The summed E-state index contributed by atoms with van der Waals surface area (Å²) in [5.74, 6) is -0.821. The summed E-state index contributed by atoms with van der Waals surface area (Å²) in [6.45, 7) is 0. The molecule has 5 nitrogen and oxygen atoms in total. The number of nitrogens with zero attached hydrogens (tertiary/aromatic N) is 1. The molecule has 2 rings (SSSR count). The minimum Gasteiger partial charge on any atom is -0.485 e. The lowest BCUT2D eigenvalue weighted by Gasteiger charge is -2.28. The van der Waals surface area contributed by atoms with Crippen LogP contribution in [0.4, 0.5) is 0 Å². The number of hydrogen-bond donors (Lipinski definition) is 2. The summed E-state index contributed by atoms with van der Waals surface area (Å²) >= 11 is 0. The first-order valence-corrected chi connectivity index (χ1v) is 5.70. The van der Waals surface area contributed by atoms with E-state index in [0.717, 1.165) is 19.3 Å². The molecule has 0 saturated heterocycles. The van der Waals surface area contributed by atoms with Gasteiger partial charge in [-0.15, -0.1) is 0 Å². The van der Waals surface area contributed by atoms with Gasteiger partial charge >= 0.3 is 5.97 Å². The van der Waals surface area contributed by atoms with E-state index in [2.05, 4.69) is 4.98 Å². The summed E-state index contributed by atoms with van der Waals surface area (Å²) in [4.78, 5) is 14.8. The number of carboxylic acids is 1. The highest BCUT2D eigenvalue weighted by atomic mass is 16.5. The Kier molecular flexibility index (Phi) is 3.58. The number of ether oxygens (including phenoxy) is 1. The van der Waals surface area contributed by atoms with E-state index in [1.165, 1.54) is 18.5 Å². The van der Waals surface area contributed by atoms with Gasteiger partial charge in [0, 0.05) is 6.20 Å². The molecule has 0 aromatic carbocycles. The van der Waals surface area contributed by atoms with E-state index >= 15 is 0 Å². The standard InChI is InChI=1S/C12H15NO4/c14-9-3-1-2-4-10(9)17-11-7-13-6-5-8(11)12(15)16/h5-7,9-10,14H,1-4H2,(H,15,16). The van der Waals surface area contributed by atoms with Crippen molar-refractivity contribution in [2.75, 3.05) is 0 Å². The van der Waals surface area contributed by atoms with Crippen molar-refractivity contribution in [3.63, 3.8) is 0 Å². The van der Waals surface area contributed by atoms with Crippen LogP contribution in [-0.4, -0.2) is 33.4 Å². The van der Waals surface area contributed by atoms with Crippen molar-refractivity contribution in [3.05, 3.63) is 24.0 Å². The Hall–Kier alpha value is -1.62. The topological polar surface area (TPSA) is 79.7 Å². The number of aromatic nitrogens is 1. The molecule has 5 heteroatoms. The van der Waals surface area contributed by atoms with Crippen molar-refractivity contribution < 1.29 is 19.7 Å². The molecule has 1 aliphatic rings. The van der Waals surface area contributed by atoms with Crippen molar-refractivity contribution in [1.29, 1.82) is 0 Å². The third kappa shape index (κ3) is 2.74. The summed E-state index contributed by atoms with van der Waals surface area (Å²) in [6, 6.07) is 1.40. The van der Waals surface area contributed by atoms with Crippen molar-refractivity contribution in [2.45, 2.75) is 37.9 Å².